The Bertz CT molecular complexity index is 728. The molecule has 2 amide bonds. The number of nitrogens with zero attached hydrogens (tertiary/aromatic N) is 1. The van der Waals surface area contributed by atoms with Gasteiger partial charge in [0.1, 0.15) is 0 Å². The predicted octanol–water partition coefficient (Wildman–Crippen LogP) is 3.67. The van der Waals surface area contributed by atoms with Crippen LogP contribution in [-0.2, 0) is 11.3 Å². The molecule has 2 aromatic carbocycles. The van der Waals surface area contributed by atoms with Crippen LogP contribution >= 0.6 is 22.6 Å². The highest BCUT2D eigenvalue weighted by Gasteiger charge is 2.20. The molecule has 3 rings (SSSR count). The maximum atomic E-state index is 12.4. The molecule has 0 radical (unpaired) electrons. The monoisotopic (exact) mass is 420 g/mol. The van der Waals surface area contributed by atoms with Crippen LogP contribution in [0.1, 0.15) is 28.8 Å². The number of carbonyl (C=O) groups excluding carboxylic acids is 2. The lowest BCUT2D eigenvalue weighted by Gasteiger charge is -2.16. The smallest absolute Gasteiger partial charge is 0.255 e. The second kappa shape index (κ2) is 7.12. The van der Waals surface area contributed by atoms with Gasteiger partial charge in [-0.05, 0) is 71.0 Å². The number of hydrogen-bond donors (Lipinski definition) is 1. The summed E-state index contributed by atoms with van der Waals surface area (Å²) in [6.07, 6.45) is 1.55. The summed E-state index contributed by atoms with van der Waals surface area (Å²) in [6.45, 7) is 1.38. The summed E-state index contributed by atoms with van der Waals surface area (Å²) in [4.78, 5) is 25.9. The van der Waals surface area contributed by atoms with E-state index in [0.29, 0.717) is 18.5 Å². The Kier molecular flexibility index (Phi) is 4.95. The lowest BCUT2D eigenvalue weighted by Crippen LogP contribution is -2.24. The van der Waals surface area contributed by atoms with Crippen LogP contribution < -0.4 is 5.32 Å². The molecule has 118 valence electrons. The summed E-state index contributed by atoms with van der Waals surface area (Å²) < 4.78 is 1.12. The van der Waals surface area contributed by atoms with Crippen LogP contribution in [0, 0.1) is 3.57 Å². The number of nitrogens with one attached hydrogen (secondary N) is 1. The molecule has 1 aliphatic rings. The van der Waals surface area contributed by atoms with Gasteiger partial charge in [-0.25, -0.2) is 0 Å². The van der Waals surface area contributed by atoms with Crippen molar-refractivity contribution < 1.29 is 9.59 Å². The minimum absolute atomic E-state index is 0.138. The average Bonchev–Trinajstić information content (AvgIpc) is 2.95. The molecular formula is C18H17IN2O2. The van der Waals surface area contributed by atoms with Crippen molar-refractivity contribution >= 4 is 40.1 Å². The molecule has 1 fully saturated rings. The maximum Gasteiger partial charge on any atom is 0.255 e. The summed E-state index contributed by atoms with van der Waals surface area (Å²) in [5, 5.41) is 2.89. The van der Waals surface area contributed by atoms with E-state index in [1.54, 1.807) is 6.07 Å². The van der Waals surface area contributed by atoms with Crippen molar-refractivity contribution in [2.24, 2.45) is 0 Å². The van der Waals surface area contributed by atoms with Crippen LogP contribution in [0.4, 0.5) is 5.69 Å². The first-order valence-corrected chi connectivity index (χ1v) is 8.63. The first kappa shape index (κ1) is 16.0. The molecule has 23 heavy (non-hydrogen) atoms. The molecule has 1 heterocycles. The fraction of sp³-hybridized carbons (Fsp3) is 0.222. The van der Waals surface area contributed by atoms with Crippen molar-refractivity contribution in [2.45, 2.75) is 19.4 Å². The van der Waals surface area contributed by atoms with E-state index in [1.807, 2.05) is 47.4 Å². The zero-order chi connectivity index (χ0) is 16.2. The van der Waals surface area contributed by atoms with Crippen LogP contribution in [0.25, 0.3) is 0 Å². The van der Waals surface area contributed by atoms with Gasteiger partial charge in [0.2, 0.25) is 5.91 Å². The second-order valence-electron chi connectivity index (χ2n) is 5.58. The van der Waals surface area contributed by atoms with Crippen molar-refractivity contribution in [3.8, 4) is 0 Å². The zero-order valence-corrected chi connectivity index (χ0v) is 14.7. The van der Waals surface area contributed by atoms with Gasteiger partial charge >= 0.3 is 0 Å². The summed E-state index contributed by atoms with van der Waals surface area (Å²) in [7, 11) is 0. The van der Waals surface area contributed by atoms with Crippen molar-refractivity contribution in [3.05, 3.63) is 63.2 Å². The SMILES string of the molecule is O=C(Nc1ccc(I)cc1)c1cccc(CN2CCCC2=O)c1. The van der Waals surface area contributed by atoms with E-state index in [4.69, 9.17) is 0 Å². The van der Waals surface area contributed by atoms with Gasteiger partial charge in [-0.2, -0.15) is 0 Å². The number of anilines is 1. The van der Waals surface area contributed by atoms with Gasteiger partial charge in [0.15, 0.2) is 0 Å². The Hall–Kier alpha value is -1.89. The van der Waals surface area contributed by atoms with Gasteiger partial charge in [0.05, 0.1) is 0 Å². The standard InChI is InChI=1S/C18H17IN2O2/c19-15-6-8-16(9-7-15)20-18(23)14-4-1-3-13(11-14)12-21-10-2-5-17(21)22/h1,3-4,6-9,11H,2,5,10,12H2,(H,20,23). The van der Waals surface area contributed by atoms with Gasteiger partial charge in [-0.3, -0.25) is 9.59 Å². The van der Waals surface area contributed by atoms with Gasteiger partial charge in [-0.15, -0.1) is 0 Å². The van der Waals surface area contributed by atoms with Crippen LogP contribution in [0.15, 0.2) is 48.5 Å². The average molecular weight is 420 g/mol. The summed E-state index contributed by atoms with van der Waals surface area (Å²) in [6, 6.07) is 15.1. The topological polar surface area (TPSA) is 49.4 Å². The minimum Gasteiger partial charge on any atom is -0.338 e. The van der Waals surface area contributed by atoms with E-state index in [-0.39, 0.29) is 11.8 Å². The Balaban J connectivity index is 1.69. The lowest BCUT2D eigenvalue weighted by atomic mass is 10.1. The van der Waals surface area contributed by atoms with E-state index >= 15 is 0 Å². The molecular weight excluding hydrogens is 403 g/mol. The Morgan fingerprint density at radius 3 is 2.65 bits per heavy atom. The van der Waals surface area contributed by atoms with Crippen molar-refractivity contribution in [1.29, 1.82) is 0 Å². The van der Waals surface area contributed by atoms with Crippen LogP contribution in [-0.4, -0.2) is 23.3 Å². The summed E-state index contributed by atoms with van der Waals surface area (Å²) in [5.41, 5.74) is 2.36. The molecule has 0 atom stereocenters. The first-order valence-electron chi connectivity index (χ1n) is 7.55. The number of rotatable bonds is 4. The highest BCUT2D eigenvalue weighted by atomic mass is 127. The largest absolute Gasteiger partial charge is 0.338 e. The number of hydrogen-bond acceptors (Lipinski definition) is 2. The molecule has 0 spiro atoms. The van der Waals surface area contributed by atoms with Crippen molar-refractivity contribution in [3.63, 3.8) is 0 Å². The maximum absolute atomic E-state index is 12.4. The van der Waals surface area contributed by atoms with E-state index in [9.17, 15) is 9.59 Å². The molecule has 1 aliphatic heterocycles. The number of amides is 2. The fourth-order valence-electron chi connectivity index (χ4n) is 2.64. The number of carbonyl (C=O) groups is 2. The van der Waals surface area contributed by atoms with Gasteiger partial charge in [0.25, 0.3) is 5.91 Å². The molecule has 0 bridgehead atoms. The van der Waals surface area contributed by atoms with E-state index < -0.39 is 0 Å². The third-order valence-electron chi connectivity index (χ3n) is 3.84. The number of benzene rings is 2. The van der Waals surface area contributed by atoms with Gasteiger partial charge < -0.3 is 10.2 Å². The van der Waals surface area contributed by atoms with Crippen molar-refractivity contribution in [2.75, 3.05) is 11.9 Å². The zero-order valence-electron chi connectivity index (χ0n) is 12.6. The molecule has 4 nitrogen and oxygen atoms in total. The van der Waals surface area contributed by atoms with Crippen molar-refractivity contribution in [1.82, 2.24) is 4.90 Å². The molecule has 0 aliphatic carbocycles. The van der Waals surface area contributed by atoms with Crippen LogP contribution in [0.2, 0.25) is 0 Å². The molecule has 0 saturated carbocycles. The Morgan fingerprint density at radius 2 is 1.96 bits per heavy atom. The highest BCUT2D eigenvalue weighted by molar-refractivity contribution is 14.1. The Morgan fingerprint density at radius 1 is 1.17 bits per heavy atom. The first-order chi connectivity index (χ1) is 11.1. The fourth-order valence-corrected chi connectivity index (χ4v) is 3.00. The van der Waals surface area contributed by atoms with Crippen LogP contribution in [0.5, 0.6) is 0 Å². The molecule has 5 heteroatoms. The molecule has 1 saturated heterocycles. The lowest BCUT2D eigenvalue weighted by molar-refractivity contribution is -0.128. The molecule has 0 aromatic heterocycles. The molecule has 1 N–H and O–H groups in total. The normalized spacial score (nSPS) is 14.1. The number of likely N-dealkylation sites (tertiary alicyclic amines) is 1. The minimum atomic E-state index is -0.138. The van der Waals surface area contributed by atoms with E-state index in [2.05, 4.69) is 27.9 Å². The third kappa shape index (κ3) is 4.10. The van der Waals surface area contributed by atoms with Gasteiger partial charge in [0, 0.05) is 34.3 Å². The predicted molar refractivity (Wildman–Crippen MR) is 98.2 cm³/mol. The molecule has 2 aromatic rings. The Labute approximate surface area is 149 Å². The van der Waals surface area contributed by atoms with Gasteiger partial charge in [-0.1, -0.05) is 12.1 Å². The molecule has 0 unspecified atom stereocenters. The summed E-state index contributed by atoms with van der Waals surface area (Å²) in [5.74, 6) is 0.0551. The third-order valence-corrected chi connectivity index (χ3v) is 4.56. The second-order valence-corrected chi connectivity index (χ2v) is 6.83. The van der Waals surface area contributed by atoms with E-state index in [0.717, 1.165) is 27.8 Å². The summed E-state index contributed by atoms with van der Waals surface area (Å²) >= 11 is 2.23. The van der Waals surface area contributed by atoms with Crippen LogP contribution in [0.3, 0.4) is 0 Å². The van der Waals surface area contributed by atoms with E-state index in [1.165, 1.54) is 0 Å². The number of halogens is 1. The quantitative estimate of drug-likeness (QED) is 0.768. The highest BCUT2D eigenvalue weighted by Crippen LogP contribution is 2.17.